The van der Waals surface area contributed by atoms with Crippen LogP contribution in [0.4, 0.5) is 9.18 Å². The van der Waals surface area contributed by atoms with Gasteiger partial charge in [0.05, 0.1) is 10.7 Å². The lowest BCUT2D eigenvalue weighted by Crippen LogP contribution is -2.41. The van der Waals surface area contributed by atoms with Crippen molar-refractivity contribution >= 4 is 16.2 Å². The van der Waals surface area contributed by atoms with Gasteiger partial charge in [-0.3, -0.25) is 5.32 Å². The van der Waals surface area contributed by atoms with Gasteiger partial charge in [0.25, 0.3) is 0 Å². The average Bonchev–Trinajstić information content (AvgIpc) is 2.80. The average molecular weight is 365 g/mol. The highest BCUT2D eigenvalue weighted by Gasteiger charge is 2.27. The molecule has 0 aliphatic carbocycles. The summed E-state index contributed by atoms with van der Waals surface area (Å²) in [7, 11) is -4.22. The predicted molar refractivity (Wildman–Crippen MR) is 82.5 cm³/mol. The van der Waals surface area contributed by atoms with Gasteiger partial charge in [0.2, 0.25) is 5.79 Å². The minimum absolute atomic E-state index is 0.0541. The first-order valence-corrected chi connectivity index (χ1v) is 8.39. The summed E-state index contributed by atoms with van der Waals surface area (Å²) in [5, 5.41) is 11.6. The van der Waals surface area contributed by atoms with Gasteiger partial charge in [-0.1, -0.05) is 6.07 Å². The minimum atomic E-state index is -4.22. The first-order valence-electron chi connectivity index (χ1n) is 6.98. The highest BCUT2D eigenvalue weighted by molar-refractivity contribution is 7.87. The standard InChI is InChI=1S/C15H12FN3O5S/c1-15(19-14(20)21)17-12-6-5-10(8-13(12)18-15)24-25(22,23)11-4-2-3-9(16)7-11/h2-8,19H,1H3,(H,20,21). The van der Waals surface area contributed by atoms with Crippen molar-refractivity contribution in [3.8, 4) is 5.75 Å². The van der Waals surface area contributed by atoms with Crippen LogP contribution >= 0.6 is 0 Å². The van der Waals surface area contributed by atoms with Crippen LogP contribution < -0.4 is 20.2 Å². The van der Waals surface area contributed by atoms with Gasteiger partial charge in [-0.15, -0.1) is 0 Å². The van der Waals surface area contributed by atoms with Crippen molar-refractivity contribution in [1.82, 2.24) is 5.32 Å². The minimum Gasteiger partial charge on any atom is -0.465 e. The molecule has 1 amide bonds. The van der Waals surface area contributed by atoms with E-state index in [2.05, 4.69) is 15.3 Å². The number of halogens is 1. The third kappa shape index (κ3) is 3.58. The molecule has 1 aliphatic heterocycles. The summed E-state index contributed by atoms with van der Waals surface area (Å²) >= 11 is 0. The van der Waals surface area contributed by atoms with Gasteiger partial charge in [0.15, 0.2) is 0 Å². The van der Waals surface area contributed by atoms with E-state index in [0.717, 1.165) is 12.1 Å². The molecule has 0 spiro atoms. The molecule has 2 aromatic rings. The Bertz CT molecular complexity index is 1090. The molecule has 8 nitrogen and oxygen atoms in total. The summed E-state index contributed by atoms with van der Waals surface area (Å²) in [6, 6.07) is 8.53. The molecule has 2 N–H and O–H groups in total. The van der Waals surface area contributed by atoms with Gasteiger partial charge in [-0.25, -0.2) is 19.2 Å². The first-order chi connectivity index (χ1) is 11.7. The van der Waals surface area contributed by atoms with Crippen molar-refractivity contribution < 1.29 is 26.9 Å². The second-order valence-electron chi connectivity index (χ2n) is 5.32. The van der Waals surface area contributed by atoms with E-state index in [-0.39, 0.29) is 16.0 Å². The van der Waals surface area contributed by atoms with Crippen LogP contribution in [0, 0.1) is 5.82 Å². The Balaban J connectivity index is 1.93. The van der Waals surface area contributed by atoms with Gasteiger partial charge in [0.1, 0.15) is 16.5 Å². The zero-order chi connectivity index (χ0) is 18.2. The molecule has 10 heteroatoms. The Labute approximate surface area is 141 Å². The van der Waals surface area contributed by atoms with Gasteiger partial charge >= 0.3 is 16.2 Å². The van der Waals surface area contributed by atoms with E-state index in [1.807, 2.05) is 0 Å². The highest BCUT2D eigenvalue weighted by Crippen LogP contribution is 2.18. The van der Waals surface area contributed by atoms with Gasteiger partial charge in [0, 0.05) is 13.0 Å². The smallest absolute Gasteiger partial charge is 0.408 e. The monoisotopic (exact) mass is 365 g/mol. The topological polar surface area (TPSA) is 117 Å². The molecule has 2 aromatic carbocycles. The van der Waals surface area contributed by atoms with Crippen molar-refractivity contribution in [2.75, 3.05) is 0 Å². The number of rotatable bonds is 4. The van der Waals surface area contributed by atoms with Crippen LogP contribution in [0.15, 0.2) is 57.3 Å². The Morgan fingerprint density at radius 1 is 1.20 bits per heavy atom. The second kappa shape index (κ2) is 5.81. The molecule has 0 bridgehead atoms. The zero-order valence-corrected chi connectivity index (χ0v) is 13.6. The van der Waals surface area contributed by atoms with Crippen molar-refractivity contribution in [1.29, 1.82) is 0 Å². The van der Waals surface area contributed by atoms with Crippen LogP contribution in [-0.2, 0) is 10.1 Å². The normalized spacial score (nSPS) is 18.6. The highest BCUT2D eigenvalue weighted by atomic mass is 32.2. The summed E-state index contributed by atoms with van der Waals surface area (Å²) in [4.78, 5) is 18.7. The second-order valence-corrected chi connectivity index (χ2v) is 6.87. The maximum Gasteiger partial charge on any atom is 0.408 e. The first kappa shape index (κ1) is 16.8. The summed E-state index contributed by atoms with van der Waals surface area (Å²) in [5.74, 6) is -2.15. The molecule has 0 aromatic heterocycles. The van der Waals surface area contributed by atoms with Crippen LogP contribution in [0.3, 0.4) is 0 Å². The van der Waals surface area contributed by atoms with Crippen molar-refractivity contribution in [2.45, 2.75) is 17.6 Å². The summed E-state index contributed by atoms with van der Waals surface area (Å²) in [6.45, 7) is 1.45. The molecule has 1 unspecified atom stereocenters. The number of hydrogen-bond acceptors (Lipinski definition) is 6. The molecule has 25 heavy (non-hydrogen) atoms. The predicted octanol–water partition coefficient (Wildman–Crippen LogP) is 0.787. The number of hydrogen-bond donors (Lipinski definition) is 2. The summed E-state index contributed by atoms with van der Waals surface area (Å²) < 4.78 is 42.6. The maximum atomic E-state index is 13.2. The zero-order valence-electron chi connectivity index (χ0n) is 12.8. The van der Waals surface area contributed by atoms with E-state index >= 15 is 0 Å². The lowest BCUT2D eigenvalue weighted by molar-refractivity contribution is 0.182. The molecule has 1 heterocycles. The number of benzene rings is 2. The number of nitrogens with zero attached hydrogens (tertiary/aromatic N) is 2. The quantitative estimate of drug-likeness (QED) is 0.777. The van der Waals surface area contributed by atoms with E-state index in [0.29, 0.717) is 5.36 Å². The lowest BCUT2D eigenvalue weighted by atomic mass is 10.3. The van der Waals surface area contributed by atoms with Crippen LogP contribution in [0.2, 0.25) is 0 Å². The molecular weight excluding hydrogens is 353 g/mol. The summed E-state index contributed by atoms with van der Waals surface area (Å²) in [6.07, 6.45) is -1.30. The third-order valence-electron chi connectivity index (χ3n) is 3.26. The fourth-order valence-corrected chi connectivity index (χ4v) is 3.24. The Hall–Kier alpha value is -3.01. The Kier molecular flexibility index (Phi) is 3.91. The molecule has 0 saturated carbocycles. The largest absolute Gasteiger partial charge is 0.465 e. The summed E-state index contributed by atoms with van der Waals surface area (Å²) in [5.41, 5.74) is 0. The molecule has 3 rings (SSSR count). The Morgan fingerprint density at radius 3 is 2.60 bits per heavy atom. The lowest BCUT2D eigenvalue weighted by Gasteiger charge is -2.16. The van der Waals surface area contributed by atoms with E-state index < -0.39 is 27.8 Å². The van der Waals surface area contributed by atoms with Crippen molar-refractivity contribution in [3.05, 3.63) is 59.0 Å². The number of nitrogens with one attached hydrogen (secondary N) is 1. The van der Waals surface area contributed by atoms with Crippen LogP contribution in [0.1, 0.15) is 6.92 Å². The molecule has 0 saturated heterocycles. The van der Waals surface area contributed by atoms with E-state index in [1.54, 1.807) is 0 Å². The number of carboxylic acid groups (broad SMARTS) is 1. The number of carbonyl (C=O) groups is 1. The van der Waals surface area contributed by atoms with Crippen LogP contribution in [-0.4, -0.2) is 25.4 Å². The maximum absolute atomic E-state index is 13.2. The number of amides is 1. The van der Waals surface area contributed by atoms with E-state index in [1.165, 1.54) is 37.3 Å². The van der Waals surface area contributed by atoms with Crippen molar-refractivity contribution in [2.24, 2.45) is 9.98 Å². The third-order valence-corrected chi connectivity index (χ3v) is 4.50. The van der Waals surface area contributed by atoms with Gasteiger partial charge in [-0.2, -0.15) is 8.42 Å². The Morgan fingerprint density at radius 2 is 1.92 bits per heavy atom. The molecule has 1 aliphatic rings. The fraction of sp³-hybridized carbons (Fsp3) is 0.133. The van der Waals surface area contributed by atoms with Gasteiger partial charge < -0.3 is 9.29 Å². The SMILES string of the molecule is CC1(NC(=O)O)N=c2ccc(OS(=O)(=O)c3cccc(F)c3)cc2=N1. The van der Waals surface area contributed by atoms with Crippen LogP contribution in [0.25, 0.3) is 0 Å². The molecule has 1 atom stereocenters. The molecular formula is C15H12FN3O5S. The number of fused-ring (bicyclic) bond motifs is 1. The van der Waals surface area contributed by atoms with Gasteiger partial charge in [-0.05, 0) is 30.3 Å². The van der Waals surface area contributed by atoms with E-state index in [9.17, 15) is 17.6 Å². The molecule has 130 valence electrons. The molecule has 0 radical (unpaired) electrons. The molecule has 0 fully saturated rings. The van der Waals surface area contributed by atoms with Crippen molar-refractivity contribution in [3.63, 3.8) is 0 Å². The van der Waals surface area contributed by atoms with E-state index in [4.69, 9.17) is 9.29 Å². The fourth-order valence-electron chi connectivity index (χ4n) is 2.29. The van der Waals surface area contributed by atoms with Crippen LogP contribution in [0.5, 0.6) is 5.75 Å².